The van der Waals surface area contributed by atoms with Crippen molar-refractivity contribution in [3.63, 3.8) is 0 Å². The summed E-state index contributed by atoms with van der Waals surface area (Å²) in [5.41, 5.74) is 0.932. The third kappa shape index (κ3) is 4.18. The molecule has 1 saturated heterocycles. The minimum absolute atomic E-state index is 0.0609. The summed E-state index contributed by atoms with van der Waals surface area (Å²) in [7, 11) is 0. The summed E-state index contributed by atoms with van der Waals surface area (Å²) in [6.07, 6.45) is 4.93. The van der Waals surface area contributed by atoms with Crippen LogP contribution in [0.5, 0.6) is 0 Å². The van der Waals surface area contributed by atoms with Gasteiger partial charge in [0.2, 0.25) is 11.2 Å². The van der Waals surface area contributed by atoms with E-state index in [-0.39, 0.29) is 11.2 Å². The number of hydrogen-bond acceptors (Lipinski definition) is 5. The zero-order valence-electron chi connectivity index (χ0n) is 14.8. The van der Waals surface area contributed by atoms with Crippen LogP contribution in [0.2, 0.25) is 5.28 Å². The molecule has 0 spiro atoms. The largest absolute Gasteiger partial charge is 0.356 e. The molecular weight excluding hydrogens is 369 g/mol. The zero-order chi connectivity index (χ0) is 18.8. The summed E-state index contributed by atoms with van der Waals surface area (Å²) in [5, 5.41) is 3.06. The lowest BCUT2D eigenvalue weighted by Gasteiger charge is -2.21. The Morgan fingerprint density at radius 2 is 2.11 bits per heavy atom. The van der Waals surface area contributed by atoms with Crippen LogP contribution < -0.4 is 10.2 Å². The van der Waals surface area contributed by atoms with Crippen molar-refractivity contribution in [1.29, 1.82) is 0 Å². The Balaban J connectivity index is 1.16. The summed E-state index contributed by atoms with van der Waals surface area (Å²) in [4.78, 5) is 25.8. The first kappa shape index (κ1) is 18.1. The molecule has 142 valence electrons. The Hall–Kier alpha value is -2.28. The van der Waals surface area contributed by atoms with E-state index in [0.717, 1.165) is 31.4 Å². The maximum atomic E-state index is 13.9. The van der Waals surface area contributed by atoms with Gasteiger partial charge in [-0.15, -0.1) is 0 Å². The predicted octanol–water partition coefficient (Wildman–Crippen LogP) is 2.49. The van der Waals surface area contributed by atoms with Gasteiger partial charge in [-0.05, 0) is 54.3 Å². The first-order chi connectivity index (χ1) is 13.1. The second kappa shape index (κ2) is 7.76. The number of carbonyl (C=O) groups excluding carboxylic acids is 1. The number of amides is 1. The Morgan fingerprint density at radius 1 is 1.30 bits per heavy atom. The van der Waals surface area contributed by atoms with Crippen LogP contribution in [-0.4, -0.2) is 40.5 Å². The summed E-state index contributed by atoms with van der Waals surface area (Å²) in [6.45, 7) is 2.26. The molecular formula is C19H21ClFN5O. The first-order valence-corrected chi connectivity index (χ1v) is 9.59. The zero-order valence-corrected chi connectivity index (χ0v) is 15.6. The molecule has 3 heterocycles. The predicted molar refractivity (Wildman–Crippen MR) is 99.9 cm³/mol. The van der Waals surface area contributed by atoms with Crippen molar-refractivity contribution < 1.29 is 9.18 Å². The molecule has 1 amide bonds. The van der Waals surface area contributed by atoms with E-state index in [1.165, 1.54) is 0 Å². The Bertz CT molecular complexity index is 809. The van der Waals surface area contributed by atoms with E-state index in [4.69, 9.17) is 11.6 Å². The Labute approximate surface area is 162 Å². The molecule has 2 aromatic heterocycles. The molecule has 0 aromatic carbocycles. The first-order valence-electron chi connectivity index (χ1n) is 9.21. The normalized spacial score (nSPS) is 23.2. The van der Waals surface area contributed by atoms with Gasteiger partial charge >= 0.3 is 0 Å². The van der Waals surface area contributed by atoms with Crippen LogP contribution in [0.4, 0.5) is 10.2 Å². The van der Waals surface area contributed by atoms with Crippen LogP contribution in [-0.2, 0) is 11.2 Å². The van der Waals surface area contributed by atoms with Crippen molar-refractivity contribution in [2.24, 2.45) is 17.8 Å². The van der Waals surface area contributed by atoms with Crippen molar-refractivity contribution in [3.8, 4) is 0 Å². The quantitative estimate of drug-likeness (QED) is 0.737. The maximum absolute atomic E-state index is 13.9. The third-order valence-electron chi connectivity index (χ3n) is 5.50. The molecule has 0 bridgehead atoms. The fraction of sp³-hybridized carbons (Fsp3) is 0.474. The van der Waals surface area contributed by atoms with E-state index in [1.807, 2.05) is 23.1 Å². The molecule has 1 N–H and O–H groups in total. The average Bonchev–Trinajstić information content (AvgIpc) is 3.12. The molecule has 8 heteroatoms. The molecule has 2 fully saturated rings. The van der Waals surface area contributed by atoms with Crippen LogP contribution >= 0.6 is 11.6 Å². The summed E-state index contributed by atoms with van der Waals surface area (Å²) >= 11 is 5.77. The fourth-order valence-electron chi connectivity index (χ4n) is 4.06. The van der Waals surface area contributed by atoms with Gasteiger partial charge in [-0.3, -0.25) is 9.78 Å². The molecule has 6 nitrogen and oxygen atoms in total. The van der Waals surface area contributed by atoms with Crippen molar-refractivity contribution in [3.05, 3.63) is 47.4 Å². The van der Waals surface area contributed by atoms with Crippen LogP contribution in [0.1, 0.15) is 18.5 Å². The summed E-state index contributed by atoms with van der Waals surface area (Å²) in [5.74, 6) is 1.61. The van der Waals surface area contributed by atoms with E-state index in [1.54, 1.807) is 6.20 Å². The number of carbonyl (C=O) groups is 1. The van der Waals surface area contributed by atoms with E-state index in [2.05, 4.69) is 20.3 Å². The number of pyridine rings is 1. The number of nitrogens with one attached hydrogen (secondary N) is 1. The van der Waals surface area contributed by atoms with E-state index >= 15 is 0 Å². The van der Waals surface area contributed by atoms with Crippen LogP contribution in [0, 0.1) is 23.6 Å². The number of piperidine rings is 1. The van der Waals surface area contributed by atoms with Gasteiger partial charge in [-0.2, -0.15) is 4.98 Å². The topological polar surface area (TPSA) is 71.0 Å². The monoisotopic (exact) mass is 389 g/mol. The number of aromatic nitrogens is 3. The lowest BCUT2D eigenvalue weighted by Crippen LogP contribution is -2.28. The molecule has 4 rings (SSSR count). The molecule has 3 atom stereocenters. The fourth-order valence-corrected chi connectivity index (χ4v) is 4.19. The van der Waals surface area contributed by atoms with Crippen molar-refractivity contribution >= 4 is 23.3 Å². The maximum Gasteiger partial charge on any atom is 0.224 e. The molecule has 0 unspecified atom stereocenters. The van der Waals surface area contributed by atoms with Crippen LogP contribution in [0.15, 0.2) is 30.6 Å². The molecule has 27 heavy (non-hydrogen) atoms. The summed E-state index contributed by atoms with van der Waals surface area (Å²) in [6, 6.07) is 5.72. The van der Waals surface area contributed by atoms with E-state index in [0.29, 0.717) is 43.0 Å². The van der Waals surface area contributed by atoms with Gasteiger partial charge in [0, 0.05) is 37.9 Å². The van der Waals surface area contributed by atoms with Crippen molar-refractivity contribution in [1.82, 2.24) is 20.3 Å². The van der Waals surface area contributed by atoms with Gasteiger partial charge in [0.25, 0.3) is 0 Å². The van der Waals surface area contributed by atoms with E-state index < -0.39 is 5.82 Å². The second-order valence-electron chi connectivity index (χ2n) is 7.17. The van der Waals surface area contributed by atoms with E-state index in [9.17, 15) is 9.18 Å². The van der Waals surface area contributed by atoms with Gasteiger partial charge in [-0.1, -0.05) is 6.07 Å². The third-order valence-corrected chi connectivity index (χ3v) is 5.68. The van der Waals surface area contributed by atoms with Gasteiger partial charge < -0.3 is 10.2 Å². The Kier molecular flexibility index (Phi) is 5.20. The van der Waals surface area contributed by atoms with Gasteiger partial charge in [0.05, 0.1) is 6.20 Å². The molecule has 2 aromatic rings. The number of halogens is 2. The highest BCUT2D eigenvalue weighted by atomic mass is 35.5. The number of nitrogens with zero attached hydrogens (tertiary/aromatic N) is 4. The molecule has 1 saturated carbocycles. The number of hydrogen-bond donors (Lipinski definition) is 1. The van der Waals surface area contributed by atoms with Gasteiger partial charge in [-0.25, -0.2) is 9.37 Å². The van der Waals surface area contributed by atoms with Crippen LogP contribution in [0.3, 0.4) is 0 Å². The number of rotatable bonds is 7. The second-order valence-corrected chi connectivity index (χ2v) is 7.50. The van der Waals surface area contributed by atoms with Gasteiger partial charge in [0.15, 0.2) is 11.6 Å². The SMILES string of the molecule is O=C(CCc1ccccn1)NCC[C@@H]1[C@H]2CN(c3nc(Cl)ncc3F)C[C@@H]12. The lowest BCUT2D eigenvalue weighted by atomic mass is 10.2. The molecule has 2 aliphatic rings. The minimum Gasteiger partial charge on any atom is -0.356 e. The van der Waals surface area contributed by atoms with Crippen molar-refractivity contribution in [2.45, 2.75) is 19.3 Å². The number of anilines is 1. The number of fused-ring (bicyclic) bond motifs is 1. The molecule has 1 aliphatic heterocycles. The molecule has 0 radical (unpaired) electrons. The lowest BCUT2D eigenvalue weighted by molar-refractivity contribution is -0.121. The average molecular weight is 390 g/mol. The number of aryl methyl sites for hydroxylation is 1. The van der Waals surface area contributed by atoms with Gasteiger partial charge in [0.1, 0.15) is 0 Å². The Morgan fingerprint density at radius 3 is 2.85 bits per heavy atom. The highest BCUT2D eigenvalue weighted by Crippen LogP contribution is 2.54. The molecule has 1 aliphatic carbocycles. The van der Waals surface area contributed by atoms with Crippen molar-refractivity contribution in [2.75, 3.05) is 24.5 Å². The highest BCUT2D eigenvalue weighted by molar-refractivity contribution is 6.28. The standard InChI is InChI=1S/C19H21ClFN5O/c20-19-24-9-16(21)18(25-19)26-10-14-13(15(14)11-26)6-8-23-17(27)5-4-12-3-1-2-7-22-12/h1-3,7,9,13-15H,4-6,8,10-11H2,(H,23,27)/t13-,14-,15+. The minimum atomic E-state index is -0.433. The summed E-state index contributed by atoms with van der Waals surface area (Å²) < 4.78 is 13.9. The highest BCUT2D eigenvalue weighted by Gasteiger charge is 2.55. The smallest absolute Gasteiger partial charge is 0.224 e. The van der Waals surface area contributed by atoms with Crippen LogP contribution in [0.25, 0.3) is 0 Å².